The molecule has 0 unspecified atom stereocenters. The van der Waals surface area contributed by atoms with E-state index in [1.54, 1.807) is 0 Å². The molecule has 112 valence electrons. The molecule has 1 amide bonds. The molecule has 1 fully saturated rings. The molecule has 2 heterocycles. The number of nitrogens with zero attached hydrogens (tertiary/aromatic N) is 2. The minimum Gasteiger partial charge on any atom is -0.368 e. The minimum absolute atomic E-state index is 0.0675. The first-order valence-corrected chi connectivity index (χ1v) is 6.26. The molecule has 1 saturated heterocycles. The summed E-state index contributed by atoms with van der Waals surface area (Å²) < 4.78 is 46.0. The van der Waals surface area contributed by atoms with Gasteiger partial charge >= 0.3 is 12.1 Å². The fourth-order valence-corrected chi connectivity index (χ4v) is 1.83. The molecular weight excluding hydrogens is 279 g/mol. The molecule has 0 spiro atoms. The number of amides is 1. The summed E-state index contributed by atoms with van der Waals surface area (Å²) in [5, 5.41) is 5.79. The first-order chi connectivity index (χ1) is 9.47. The van der Waals surface area contributed by atoms with E-state index in [-0.39, 0.29) is 24.7 Å². The zero-order valence-corrected chi connectivity index (χ0v) is 10.6. The number of hydrogen-bond donors (Lipinski definition) is 1. The van der Waals surface area contributed by atoms with Gasteiger partial charge in [0.25, 0.3) is 0 Å². The Morgan fingerprint density at radius 1 is 1.40 bits per heavy atom. The number of ether oxygens (including phenoxy) is 1. The molecule has 1 atom stereocenters. The van der Waals surface area contributed by atoms with Gasteiger partial charge in [0.05, 0.1) is 0 Å². The van der Waals surface area contributed by atoms with Crippen molar-refractivity contribution in [2.75, 3.05) is 13.2 Å². The van der Waals surface area contributed by atoms with Crippen LogP contribution in [0, 0.1) is 0 Å². The van der Waals surface area contributed by atoms with Gasteiger partial charge in [0.15, 0.2) is 5.82 Å². The molecule has 6 nitrogen and oxygen atoms in total. The molecule has 0 aliphatic carbocycles. The predicted octanol–water partition coefficient (Wildman–Crippen LogP) is 1.32. The lowest BCUT2D eigenvalue weighted by Gasteiger charge is -2.21. The Hall–Kier alpha value is -1.64. The van der Waals surface area contributed by atoms with Crippen molar-refractivity contribution in [2.45, 2.75) is 38.0 Å². The Morgan fingerprint density at radius 2 is 2.20 bits per heavy atom. The molecule has 1 aliphatic rings. The second kappa shape index (κ2) is 6.21. The van der Waals surface area contributed by atoms with Crippen molar-refractivity contribution >= 4 is 5.91 Å². The molecule has 0 bridgehead atoms. The average molecular weight is 293 g/mol. The lowest BCUT2D eigenvalue weighted by atomic mass is 10.1. The third-order valence-electron chi connectivity index (χ3n) is 2.83. The Morgan fingerprint density at radius 3 is 2.80 bits per heavy atom. The number of nitrogens with one attached hydrogen (secondary N) is 1. The normalized spacial score (nSPS) is 19.9. The van der Waals surface area contributed by atoms with Gasteiger partial charge < -0.3 is 14.6 Å². The molecule has 1 aliphatic heterocycles. The van der Waals surface area contributed by atoms with Gasteiger partial charge in [-0.25, -0.2) is 0 Å². The lowest BCUT2D eigenvalue weighted by Crippen LogP contribution is -2.39. The van der Waals surface area contributed by atoms with Crippen LogP contribution in [0.25, 0.3) is 0 Å². The number of carbonyl (C=O) groups excluding carboxylic acids is 1. The maximum atomic E-state index is 12.2. The van der Waals surface area contributed by atoms with E-state index in [1.165, 1.54) is 0 Å². The SMILES string of the molecule is O=C(NCCc1noc(C(F)(F)F)n1)[C@H]1CCCCO1. The molecule has 2 rings (SSSR count). The molecule has 1 aromatic rings. The van der Waals surface area contributed by atoms with E-state index in [0.29, 0.717) is 13.0 Å². The monoisotopic (exact) mass is 293 g/mol. The number of carbonyl (C=O) groups is 1. The predicted molar refractivity (Wildman–Crippen MR) is 59.6 cm³/mol. The Balaban J connectivity index is 1.75. The van der Waals surface area contributed by atoms with E-state index in [2.05, 4.69) is 20.0 Å². The number of alkyl halides is 3. The topological polar surface area (TPSA) is 77.3 Å². The standard InChI is InChI=1S/C11H14F3N3O3/c12-11(13,14)10-16-8(17-20-10)4-5-15-9(18)7-3-1-2-6-19-7/h7H,1-6H2,(H,15,18)/t7-/m1/s1. The Kier molecular flexibility index (Phi) is 4.58. The van der Waals surface area contributed by atoms with Gasteiger partial charge in [-0.15, -0.1) is 0 Å². The second-order valence-electron chi connectivity index (χ2n) is 4.41. The zero-order valence-electron chi connectivity index (χ0n) is 10.6. The van der Waals surface area contributed by atoms with Crippen LogP contribution in [0.2, 0.25) is 0 Å². The van der Waals surface area contributed by atoms with Gasteiger partial charge in [-0.2, -0.15) is 18.2 Å². The Bertz CT molecular complexity index is 455. The zero-order chi connectivity index (χ0) is 14.6. The van der Waals surface area contributed by atoms with Crippen LogP contribution in [0.1, 0.15) is 31.0 Å². The van der Waals surface area contributed by atoms with Crippen LogP contribution in [0.5, 0.6) is 0 Å². The fourth-order valence-electron chi connectivity index (χ4n) is 1.83. The largest absolute Gasteiger partial charge is 0.471 e. The lowest BCUT2D eigenvalue weighted by molar-refractivity contribution is -0.159. The van der Waals surface area contributed by atoms with E-state index < -0.39 is 18.2 Å². The van der Waals surface area contributed by atoms with Crippen LogP contribution in [0.4, 0.5) is 13.2 Å². The van der Waals surface area contributed by atoms with Crippen LogP contribution < -0.4 is 5.32 Å². The Labute approximate surface area is 112 Å². The summed E-state index contributed by atoms with van der Waals surface area (Å²) in [6, 6.07) is 0. The fraction of sp³-hybridized carbons (Fsp3) is 0.727. The average Bonchev–Trinajstić information content (AvgIpc) is 2.88. The highest BCUT2D eigenvalue weighted by Crippen LogP contribution is 2.27. The van der Waals surface area contributed by atoms with Crippen LogP contribution >= 0.6 is 0 Å². The summed E-state index contributed by atoms with van der Waals surface area (Å²) in [7, 11) is 0. The second-order valence-corrected chi connectivity index (χ2v) is 4.41. The summed E-state index contributed by atoms with van der Waals surface area (Å²) in [6.45, 7) is 0.688. The maximum Gasteiger partial charge on any atom is 0.471 e. The molecule has 0 radical (unpaired) electrons. The van der Waals surface area contributed by atoms with Gasteiger partial charge in [-0.3, -0.25) is 4.79 Å². The van der Waals surface area contributed by atoms with Crippen LogP contribution in [0.3, 0.4) is 0 Å². The van der Waals surface area contributed by atoms with Crippen molar-refractivity contribution in [1.29, 1.82) is 0 Å². The van der Waals surface area contributed by atoms with Gasteiger partial charge in [-0.1, -0.05) is 5.16 Å². The smallest absolute Gasteiger partial charge is 0.368 e. The maximum absolute atomic E-state index is 12.2. The van der Waals surface area contributed by atoms with E-state index in [0.717, 1.165) is 12.8 Å². The summed E-state index contributed by atoms with van der Waals surface area (Å²) in [6.07, 6.45) is -2.53. The van der Waals surface area contributed by atoms with Crippen molar-refractivity contribution < 1.29 is 27.2 Å². The molecule has 20 heavy (non-hydrogen) atoms. The molecular formula is C11H14F3N3O3. The third kappa shape index (κ3) is 3.92. The first-order valence-electron chi connectivity index (χ1n) is 6.26. The van der Waals surface area contributed by atoms with Crippen molar-refractivity contribution in [3.05, 3.63) is 11.7 Å². The minimum atomic E-state index is -4.65. The van der Waals surface area contributed by atoms with Gasteiger partial charge in [0.1, 0.15) is 6.10 Å². The van der Waals surface area contributed by atoms with Crippen molar-refractivity contribution in [3.63, 3.8) is 0 Å². The van der Waals surface area contributed by atoms with E-state index in [9.17, 15) is 18.0 Å². The first kappa shape index (κ1) is 14.8. The number of hydrogen-bond acceptors (Lipinski definition) is 5. The van der Waals surface area contributed by atoms with Crippen molar-refractivity contribution in [3.8, 4) is 0 Å². The summed E-state index contributed by atoms with van der Waals surface area (Å²) in [5.41, 5.74) is 0. The van der Waals surface area contributed by atoms with E-state index in [1.807, 2.05) is 0 Å². The van der Waals surface area contributed by atoms with Gasteiger partial charge in [0.2, 0.25) is 5.91 Å². The number of aromatic nitrogens is 2. The molecule has 0 aromatic carbocycles. The highest BCUT2D eigenvalue weighted by Gasteiger charge is 2.38. The molecule has 0 saturated carbocycles. The highest BCUT2D eigenvalue weighted by atomic mass is 19.4. The van der Waals surface area contributed by atoms with E-state index in [4.69, 9.17) is 4.74 Å². The van der Waals surface area contributed by atoms with Crippen molar-refractivity contribution in [1.82, 2.24) is 15.5 Å². The highest BCUT2D eigenvalue weighted by molar-refractivity contribution is 5.80. The molecule has 9 heteroatoms. The van der Waals surface area contributed by atoms with Gasteiger partial charge in [0, 0.05) is 19.6 Å². The number of rotatable bonds is 4. The summed E-state index contributed by atoms with van der Waals surface area (Å²) >= 11 is 0. The quantitative estimate of drug-likeness (QED) is 0.906. The van der Waals surface area contributed by atoms with Crippen LogP contribution in [-0.4, -0.2) is 35.3 Å². The third-order valence-corrected chi connectivity index (χ3v) is 2.83. The van der Waals surface area contributed by atoms with Crippen LogP contribution in [-0.2, 0) is 22.1 Å². The van der Waals surface area contributed by atoms with Crippen LogP contribution in [0.15, 0.2) is 4.52 Å². The van der Waals surface area contributed by atoms with Gasteiger partial charge in [-0.05, 0) is 19.3 Å². The molecule has 1 N–H and O–H groups in total. The van der Waals surface area contributed by atoms with E-state index >= 15 is 0 Å². The number of halogens is 3. The summed E-state index contributed by atoms with van der Waals surface area (Å²) in [5.74, 6) is -1.74. The molecule has 1 aromatic heterocycles. The van der Waals surface area contributed by atoms with Crippen molar-refractivity contribution in [2.24, 2.45) is 0 Å². The summed E-state index contributed by atoms with van der Waals surface area (Å²) in [4.78, 5) is 14.9.